The number of anilines is 1. The lowest BCUT2D eigenvalue weighted by molar-refractivity contribution is -0.124. The van der Waals surface area contributed by atoms with E-state index in [1.165, 1.54) is 0 Å². The maximum absolute atomic E-state index is 12.3. The number of para-hydroxylation sites is 2. The number of benzene rings is 2. The van der Waals surface area contributed by atoms with Crippen molar-refractivity contribution in [2.24, 2.45) is 0 Å². The van der Waals surface area contributed by atoms with Crippen LogP contribution in [0.4, 0.5) is 10.5 Å². The first kappa shape index (κ1) is 20.0. The summed E-state index contributed by atoms with van der Waals surface area (Å²) in [5.41, 5.74) is 2.06. The number of fused-ring (bicyclic) bond motifs is 1. The number of nitrogens with one attached hydrogen (secondary N) is 1. The van der Waals surface area contributed by atoms with E-state index in [2.05, 4.69) is 5.32 Å². The van der Waals surface area contributed by atoms with Gasteiger partial charge in [0, 0.05) is 18.7 Å². The molecule has 0 radical (unpaired) electrons. The van der Waals surface area contributed by atoms with Crippen LogP contribution in [0, 0.1) is 0 Å². The summed E-state index contributed by atoms with van der Waals surface area (Å²) in [6, 6.07) is 14.3. The molecule has 0 aliphatic carbocycles. The zero-order chi connectivity index (χ0) is 21.1. The Morgan fingerprint density at radius 1 is 1.00 bits per heavy atom. The van der Waals surface area contributed by atoms with Gasteiger partial charge >= 0.3 is 0 Å². The molecule has 1 saturated heterocycles. The molecule has 0 saturated carbocycles. The van der Waals surface area contributed by atoms with E-state index in [9.17, 15) is 19.2 Å². The third kappa shape index (κ3) is 4.16. The van der Waals surface area contributed by atoms with Crippen LogP contribution in [0.15, 0.2) is 48.5 Å². The molecule has 0 bridgehead atoms. The fraction of sp³-hybridized carbons (Fsp3) is 0.238. The second-order valence-electron chi connectivity index (χ2n) is 6.79. The highest BCUT2D eigenvalue weighted by Crippen LogP contribution is 2.32. The number of carbonyl (C=O) groups is 4. The van der Waals surface area contributed by atoms with Crippen LogP contribution in [0.1, 0.15) is 15.9 Å². The first-order chi connectivity index (χ1) is 14.5. The van der Waals surface area contributed by atoms with Crippen LogP contribution in [0.3, 0.4) is 0 Å². The highest BCUT2D eigenvalue weighted by molar-refractivity contribution is 8.14. The van der Waals surface area contributed by atoms with Gasteiger partial charge in [0.1, 0.15) is 5.75 Å². The van der Waals surface area contributed by atoms with Crippen LogP contribution in [0.5, 0.6) is 5.75 Å². The van der Waals surface area contributed by atoms with E-state index in [4.69, 9.17) is 4.74 Å². The molecule has 154 valence electrons. The topological polar surface area (TPSA) is 96.0 Å². The van der Waals surface area contributed by atoms with Crippen molar-refractivity contribution in [1.82, 2.24) is 10.2 Å². The Labute approximate surface area is 177 Å². The third-order valence-corrected chi connectivity index (χ3v) is 5.69. The number of nitrogens with zero attached hydrogens (tertiary/aromatic N) is 2. The molecule has 0 spiro atoms. The van der Waals surface area contributed by atoms with Gasteiger partial charge in [-0.25, -0.2) is 0 Å². The Kier molecular flexibility index (Phi) is 5.71. The molecule has 2 aliphatic heterocycles. The van der Waals surface area contributed by atoms with Crippen LogP contribution < -0.4 is 15.0 Å². The molecule has 0 aromatic heterocycles. The van der Waals surface area contributed by atoms with Crippen molar-refractivity contribution in [3.63, 3.8) is 0 Å². The molecule has 8 nitrogen and oxygen atoms in total. The SMILES string of the molecule is O=C(NCCN1C(=O)CSC1=O)c1ccc(CN2C(=O)COc3ccccc32)cc1. The average Bonchev–Trinajstić information content (AvgIpc) is 3.08. The summed E-state index contributed by atoms with van der Waals surface area (Å²) >= 11 is 0.969. The van der Waals surface area contributed by atoms with E-state index in [-0.39, 0.29) is 48.4 Å². The van der Waals surface area contributed by atoms with Gasteiger partial charge < -0.3 is 15.0 Å². The Hall–Kier alpha value is -3.33. The van der Waals surface area contributed by atoms with Gasteiger partial charge in [-0.15, -0.1) is 0 Å². The van der Waals surface area contributed by atoms with E-state index >= 15 is 0 Å². The van der Waals surface area contributed by atoms with Crippen molar-refractivity contribution >= 4 is 40.4 Å². The van der Waals surface area contributed by atoms with E-state index in [0.29, 0.717) is 17.9 Å². The summed E-state index contributed by atoms with van der Waals surface area (Å²) < 4.78 is 5.45. The van der Waals surface area contributed by atoms with Gasteiger partial charge in [0.25, 0.3) is 17.1 Å². The maximum Gasteiger partial charge on any atom is 0.288 e. The molecular formula is C21H19N3O5S. The fourth-order valence-corrected chi connectivity index (χ4v) is 4.00. The molecule has 9 heteroatoms. The van der Waals surface area contributed by atoms with Gasteiger partial charge in [-0.05, 0) is 29.8 Å². The Balaban J connectivity index is 1.35. The first-order valence-electron chi connectivity index (χ1n) is 9.39. The summed E-state index contributed by atoms with van der Waals surface area (Å²) in [5, 5.41) is 2.43. The van der Waals surface area contributed by atoms with Gasteiger partial charge in [-0.3, -0.25) is 24.1 Å². The molecule has 1 fully saturated rings. The van der Waals surface area contributed by atoms with Crippen molar-refractivity contribution in [3.05, 3.63) is 59.7 Å². The largest absolute Gasteiger partial charge is 0.482 e. The second-order valence-corrected chi connectivity index (χ2v) is 7.72. The molecule has 30 heavy (non-hydrogen) atoms. The fourth-order valence-electron chi connectivity index (χ4n) is 3.25. The molecule has 1 N–H and O–H groups in total. The van der Waals surface area contributed by atoms with Gasteiger partial charge in [0.15, 0.2) is 6.61 Å². The zero-order valence-electron chi connectivity index (χ0n) is 16.0. The van der Waals surface area contributed by atoms with E-state index < -0.39 is 0 Å². The first-order valence-corrected chi connectivity index (χ1v) is 10.4. The molecular weight excluding hydrogens is 406 g/mol. The number of hydrogen-bond donors (Lipinski definition) is 1. The molecule has 4 amide bonds. The van der Waals surface area contributed by atoms with Crippen molar-refractivity contribution < 1.29 is 23.9 Å². The number of imide groups is 1. The number of carbonyl (C=O) groups excluding carboxylic acids is 4. The predicted octanol–water partition coefficient (Wildman–Crippen LogP) is 2.04. The molecule has 2 aliphatic rings. The quantitative estimate of drug-likeness (QED) is 0.761. The minimum Gasteiger partial charge on any atom is -0.482 e. The average molecular weight is 425 g/mol. The lowest BCUT2D eigenvalue weighted by Gasteiger charge is -2.29. The molecule has 4 rings (SSSR count). The van der Waals surface area contributed by atoms with Gasteiger partial charge in [0.2, 0.25) is 5.91 Å². The maximum atomic E-state index is 12.3. The Morgan fingerprint density at radius 2 is 1.77 bits per heavy atom. The lowest BCUT2D eigenvalue weighted by atomic mass is 10.1. The number of thioether (sulfide) groups is 1. The van der Waals surface area contributed by atoms with Crippen LogP contribution in [0.2, 0.25) is 0 Å². The molecule has 2 aromatic rings. The molecule has 2 aromatic carbocycles. The van der Waals surface area contributed by atoms with E-state index in [1.807, 2.05) is 24.3 Å². The van der Waals surface area contributed by atoms with Crippen molar-refractivity contribution in [1.29, 1.82) is 0 Å². The van der Waals surface area contributed by atoms with Crippen LogP contribution in [-0.2, 0) is 16.1 Å². The standard InChI is InChI=1S/C21H19N3O5S/c25-18-12-29-17-4-2-1-3-16(17)24(18)11-14-5-7-15(8-6-14)20(27)22-9-10-23-19(26)13-30-21(23)28/h1-8H,9-13H2,(H,22,27). The Bertz CT molecular complexity index is 992. The van der Waals surface area contributed by atoms with Gasteiger partial charge in [-0.1, -0.05) is 36.0 Å². The van der Waals surface area contributed by atoms with E-state index in [1.54, 1.807) is 29.2 Å². The van der Waals surface area contributed by atoms with Gasteiger partial charge in [-0.2, -0.15) is 0 Å². The number of amides is 4. The van der Waals surface area contributed by atoms with Crippen LogP contribution >= 0.6 is 11.8 Å². The molecule has 2 heterocycles. The summed E-state index contributed by atoms with van der Waals surface area (Å²) in [6.07, 6.45) is 0. The third-order valence-electron chi connectivity index (χ3n) is 4.83. The number of hydrogen-bond acceptors (Lipinski definition) is 6. The summed E-state index contributed by atoms with van der Waals surface area (Å²) in [6.45, 7) is 0.723. The number of rotatable bonds is 6. The smallest absolute Gasteiger partial charge is 0.288 e. The molecule has 0 atom stereocenters. The van der Waals surface area contributed by atoms with Crippen molar-refractivity contribution in [3.8, 4) is 5.75 Å². The summed E-state index contributed by atoms with van der Waals surface area (Å²) in [4.78, 5) is 50.5. The lowest BCUT2D eigenvalue weighted by Crippen LogP contribution is -2.38. The van der Waals surface area contributed by atoms with Crippen molar-refractivity contribution in [2.75, 3.05) is 30.3 Å². The normalized spacial score (nSPS) is 15.8. The Morgan fingerprint density at radius 3 is 2.50 bits per heavy atom. The molecule has 0 unspecified atom stereocenters. The predicted molar refractivity (Wildman–Crippen MR) is 111 cm³/mol. The van der Waals surface area contributed by atoms with E-state index in [0.717, 1.165) is 27.9 Å². The highest BCUT2D eigenvalue weighted by Gasteiger charge is 2.29. The monoisotopic (exact) mass is 425 g/mol. The minimum absolute atomic E-state index is 0.00195. The summed E-state index contributed by atoms with van der Waals surface area (Å²) in [7, 11) is 0. The number of ether oxygens (including phenoxy) is 1. The van der Waals surface area contributed by atoms with Gasteiger partial charge in [0.05, 0.1) is 18.0 Å². The second kappa shape index (κ2) is 8.58. The van der Waals surface area contributed by atoms with Crippen LogP contribution in [-0.4, -0.2) is 53.3 Å². The van der Waals surface area contributed by atoms with Crippen molar-refractivity contribution in [2.45, 2.75) is 6.54 Å². The summed E-state index contributed by atoms with van der Waals surface area (Å²) in [5.74, 6) is 0.176. The minimum atomic E-state index is -0.291. The van der Waals surface area contributed by atoms with Crippen LogP contribution in [0.25, 0.3) is 0 Å². The highest BCUT2D eigenvalue weighted by atomic mass is 32.2. The zero-order valence-corrected chi connectivity index (χ0v) is 16.8.